The number of halogens is 4. The van der Waals surface area contributed by atoms with E-state index in [9.17, 15) is 18.0 Å². The lowest BCUT2D eigenvalue weighted by molar-refractivity contribution is -0.138. The normalized spacial score (nSPS) is 15.9. The van der Waals surface area contributed by atoms with E-state index < -0.39 is 11.7 Å². The van der Waals surface area contributed by atoms with E-state index in [2.05, 4.69) is 0 Å². The average Bonchev–Trinajstić information content (AvgIpc) is 2.61. The lowest BCUT2D eigenvalue weighted by Gasteiger charge is -2.35. The molecule has 2 aromatic carbocycles. The maximum absolute atomic E-state index is 13.1. The molecule has 3 nitrogen and oxygen atoms in total. The van der Waals surface area contributed by atoms with Crippen molar-refractivity contribution in [2.45, 2.75) is 12.7 Å². The number of benzene rings is 2. The fourth-order valence-electron chi connectivity index (χ4n) is 3.09. The summed E-state index contributed by atoms with van der Waals surface area (Å²) in [5.41, 5.74) is 0.181. The van der Waals surface area contributed by atoms with Crippen molar-refractivity contribution in [1.82, 2.24) is 9.80 Å². The van der Waals surface area contributed by atoms with Crippen molar-refractivity contribution in [3.05, 3.63) is 70.2 Å². The minimum atomic E-state index is -4.36. The number of hydrogen-bond acceptors (Lipinski definition) is 2. The summed E-state index contributed by atoms with van der Waals surface area (Å²) in [7, 11) is 0. The van der Waals surface area contributed by atoms with Crippen molar-refractivity contribution in [2.75, 3.05) is 26.2 Å². The average molecular weight is 383 g/mol. The fraction of sp³-hybridized carbons (Fsp3) is 0.316. The number of carbonyl (C=O) groups is 1. The first-order valence-corrected chi connectivity index (χ1v) is 8.65. The van der Waals surface area contributed by atoms with Crippen LogP contribution in [0.2, 0.25) is 5.02 Å². The highest BCUT2D eigenvalue weighted by atomic mass is 35.5. The van der Waals surface area contributed by atoms with Crippen LogP contribution in [0.25, 0.3) is 0 Å². The predicted octanol–water partition coefficient (Wildman–Crippen LogP) is 4.32. The summed E-state index contributed by atoms with van der Waals surface area (Å²) in [6.45, 7) is 2.21. The number of hydrogen-bond donors (Lipinski definition) is 0. The summed E-state index contributed by atoms with van der Waals surface area (Å²) in [6.07, 6.45) is -4.36. The molecular weight excluding hydrogens is 365 g/mol. The Morgan fingerprint density at radius 2 is 1.69 bits per heavy atom. The van der Waals surface area contributed by atoms with E-state index in [1.54, 1.807) is 35.2 Å². The third-order valence-corrected chi connectivity index (χ3v) is 4.68. The highest BCUT2D eigenvalue weighted by Crippen LogP contribution is 2.32. The zero-order chi connectivity index (χ0) is 18.7. The summed E-state index contributed by atoms with van der Waals surface area (Å²) < 4.78 is 39.3. The van der Waals surface area contributed by atoms with Gasteiger partial charge in [-0.05, 0) is 29.8 Å². The first kappa shape index (κ1) is 18.7. The monoisotopic (exact) mass is 382 g/mol. The van der Waals surface area contributed by atoms with Crippen LogP contribution >= 0.6 is 11.6 Å². The molecule has 2 aromatic rings. The van der Waals surface area contributed by atoms with Crippen molar-refractivity contribution in [3.8, 4) is 0 Å². The zero-order valence-electron chi connectivity index (χ0n) is 14.0. The van der Waals surface area contributed by atoms with Crippen LogP contribution in [-0.4, -0.2) is 41.9 Å². The maximum Gasteiger partial charge on any atom is 0.416 e. The predicted molar refractivity (Wildman–Crippen MR) is 94.1 cm³/mol. The molecule has 0 bridgehead atoms. The maximum atomic E-state index is 13.1. The van der Waals surface area contributed by atoms with Crippen molar-refractivity contribution in [2.24, 2.45) is 0 Å². The Hall–Kier alpha value is -2.05. The first-order valence-electron chi connectivity index (χ1n) is 8.27. The van der Waals surface area contributed by atoms with Crippen LogP contribution in [0.15, 0.2) is 48.5 Å². The second kappa shape index (κ2) is 7.68. The topological polar surface area (TPSA) is 23.6 Å². The SMILES string of the molecule is O=C(c1cccc(Cl)c1)N1CCN(Cc2ccccc2C(F)(F)F)CC1. The molecule has 0 spiro atoms. The summed E-state index contributed by atoms with van der Waals surface area (Å²) in [5.74, 6) is -0.108. The minimum absolute atomic E-state index is 0.108. The molecule has 1 aliphatic rings. The minimum Gasteiger partial charge on any atom is -0.336 e. The molecular formula is C19H18ClF3N2O. The van der Waals surface area contributed by atoms with E-state index in [4.69, 9.17) is 11.6 Å². The molecule has 0 saturated carbocycles. The Kier molecular flexibility index (Phi) is 5.53. The van der Waals surface area contributed by atoms with E-state index in [1.807, 2.05) is 4.90 Å². The molecule has 7 heteroatoms. The number of carbonyl (C=O) groups excluding carboxylic acids is 1. The van der Waals surface area contributed by atoms with Crippen molar-refractivity contribution in [1.29, 1.82) is 0 Å². The first-order chi connectivity index (χ1) is 12.3. The quantitative estimate of drug-likeness (QED) is 0.789. The van der Waals surface area contributed by atoms with Crippen molar-refractivity contribution in [3.63, 3.8) is 0 Å². The molecule has 3 rings (SSSR count). The molecule has 0 aliphatic carbocycles. The molecule has 0 radical (unpaired) electrons. The number of nitrogens with zero attached hydrogens (tertiary/aromatic N) is 2. The van der Waals surface area contributed by atoms with Gasteiger partial charge in [0, 0.05) is 43.3 Å². The van der Waals surface area contributed by atoms with E-state index in [0.717, 1.165) is 6.07 Å². The Balaban J connectivity index is 1.62. The molecule has 0 N–H and O–H groups in total. The number of alkyl halides is 3. The second-order valence-electron chi connectivity index (χ2n) is 6.23. The largest absolute Gasteiger partial charge is 0.416 e. The van der Waals surface area contributed by atoms with Gasteiger partial charge in [-0.1, -0.05) is 35.9 Å². The Morgan fingerprint density at radius 1 is 1.00 bits per heavy atom. The standard InChI is InChI=1S/C19H18ClF3N2O/c20-16-6-3-5-14(12-16)18(26)25-10-8-24(9-11-25)13-15-4-1-2-7-17(15)19(21,22)23/h1-7,12H,8-11,13H2. The molecule has 0 unspecified atom stereocenters. The third-order valence-electron chi connectivity index (χ3n) is 4.45. The van der Waals surface area contributed by atoms with Gasteiger partial charge < -0.3 is 4.90 Å². The Bertz CT molecular complexity index is 786. The van der Waals surface area contributed by atoms with Crippen LogP contribution < -0.4 is 0 Å². The van der Waals surface area contributed by atoms with Crippen molar-refractivity contribution < 1.29 is 18.0 Å². The van der Waals surface area contributed by atoms with Crippen molar-refractivity contribution >= 4 is 17.5 Å². The lowest BCUT2D eigenvalue weighted by Crippen LogP contribution is -2.48. The van der Waals surface area contributed by atoms with Crippen LogP contribution in [0.3, 0.4) is 0 Å². The number of piperazine rings is 1. The van der Waals surface area contributed by atoms with Gasteiger partial charge in [0.05, 0.1) is 5.56 Å². The van der Waals surface area contributed by atoms with E-state index in [0.29, 0.717) is 36.8 Å². The van der Waals surface area contributed by atoms with Crippen LogP contribution in [0.1, 0.15) is 21.5 Å². The zero-order valence-corrected chi connectivity index (χ0v) is 14.7. The van der Waals surface area contributed by atoms with Gasteiger partial charge in [-0.2, -0.15) is 13.2 Å². The fourth-order valence-corrected chi connectivity index (χ4v) is 3.28. The van der Waals surface area contributed by atoms with Gasteiger partial charge in [0.1, 0.15) is 0 Å². The third kappa shape index (κ3) is 4.37. The summed E-state index contributed by atoms with van der Waals surface area (Å²) in [5, 5.41) is 0.498. The van der Waals surface area contributed by atoms with Crippen LogP contribution in [0.4, 0.5) is 13.2 Å². The molecule has 1 heterocycles. The summed E-state index contributed by atoms with van der Waals surface area (Å²) in [6, 6.07) is 12.4. The Labute approximate surface area is 155 Å². The summed E-state index contributed by atoms with van der Waals surface area (Å²) >= 11 is 5.92. The van der Waals surface area contributed by atoms with Crippen LogP contribution in [-0.2, 0) is 12.7 Å². The molecule has 1 saturated heterocycles. The van der Waals surface area contributed by atoms with Gasteiger partial charge in [0.25, 0.3) is 5.91 Å². The summed E-state index contributed by atoms with van der Waals surface area (Å²) in [4.78, 5) is 16.1. The van der Waals surface area contributed by atoms with Gasteiger partial charge in [-0.15, -0.1) is 0 Å². The molecule has 1 fully saturated rings. The molecule has 0 aromatic heterocycles. The van der Waals surface area contributed by atoms with Gasteiger partial charge in [0.2, 0.25) is 0 Å². The van der Waals surface area contributed by atoms with Gasteiger partial charge in [0.15, 0.2) is 0 Å². The van der Waals surface area contributed by atoms with Gasteiger partial charge >= 0.3 is 6.18 Å². The highest BCUT2D eigenvalue weighted by molar-refractivity contribution is 6.30. The molecule has 1 amide bonds. The molecule has 0 atom stereocenters. The Morgan fingerprint density at radius 3 is 2.35 bits per heavy atom. The highest BCUT2D eigenvalue weighted by Gasteiger charge is 2.33. The van der Waals surface area contributed by atoms with Crippen LogP contribution in [0, 0.1) is 0 Å². The smallest absolute Gasteiger partial charge is 0.336 e. The van der Waals surface area contributed by atoms with Crippen LogP contribution in [0.5, 0.6) is 0 Å². The lowest BCUT2D eigenvalue weighted by atomic mass is 10.1. The molecule has 1 aliphatic heterocycles. The number of amides is 1. The van der Waals surface area contributed by atoms with Gasteiger partial charge in [-0.25, -0.2) is 0 Å². The van der Waals surface area contributed by atoms with E-state index in [1.165, 1.54) is 12.1 Å². The second-order valence-corrected chi connectivity index (χ2v) is 6.67. The molecule has 26 heavy (non-hydrogen) atoms. The van der Waals surface area contributed by atoms with E-state index in [-0.39, 0.29) is 18.0 Å². The van der Waals surface area contributed by atoms with E-state index >= 15 is 0 Å². The number of rotatable bonds is 3. The molecule has 138 valence electrons. The van der Waals surface area contributed by atoms with Gasteiger partial charge in [-0.3, -0.25) is 9.69 Å².